The van der Waals surface area contributed by atoms with E-state index >= 15 is 0 Å². The maximum absolute atomic E-state index is 12.3. The Morgan fingerprint density at radius 3 is 2.50 bits per heavy atom. The van der Waals surface area contributed by atoms with Crippen molar-refractivity contribution in [1.82, 2.24) is 0 Å². The van der Waals surface area contributed by atoms with Crippen molar-refractivity contribution >= 4 is 47.8 Å². The van der Waals surface area contributed by atoms with Crippen LogP contribution in [-0.4, -0.2) is 32.2 Å². The zero-order chi connectivity index (χ0) is 16.9. The highest BCUT2D eigenvalue weighted by atomic mass is 35.5. The standard InChI is InChI=1S/C19H23N3O2.2ClH/c1-24-15(13-20)12-19(23)21-16-7-3-5-9-18(16)22-11-10-14-6-2-4-8-17(14)22;;/h2-9,15H,10-13,20H2,1H3,(H,21,23);2*1H. The first-order valence-electron chi connectivity index (χ1n) is 8.20. The van der Waals surface area contributed by atoms with Crippen LogP contribution in [0.1, 0.15) is 12.0 Å². The Balaban J connectivity index is 0.00000169. The van der Waals surface area contributed by atoms with Crippen molar-refractivity contribution in [1.29, 1.82) is 0 Å². The molecule has 2 aromatic carbocycles. The van der Waals surface area contributed by atoms with Gasteiger partial charge in [-0.2, -0.15) is 0 Å². The Labute approximate surface area is 166 Å². The SMILES string of the molecule is COC(CN)CC(=O)Nc1ccccc1N1CCc2ccccc21.Cl.Cl. The Bertz CT molecular complexity index is 723. The molecule has 1 heterocycles. The average molecular weight is 398 g/mol. The quantitative estimate of drug-likeness (QED) is 0.781. The second kappa shape index (κ2) is 10.4. The molecule has 0 aromatic heterocycles. The minimum absolute atomic E-state index is 0. The van der Waals surface area contributed by atoms with Crippen LogP contribution in [0.3, 0.4) is 0 Å². The van der Waals surface area contributed by atoms with Crippen LogP contribution in [0, 0.1) is 0 Å². The minimum atomic E-state index is -0.260. The summed E-state index contributed by atoms with van der Waals surface area (Å²) < 4.78 is 5.19. The summed E-state index contributed by atoms with van der Waals surface area (Å²) in [5.74, 6) is -0.0905. The lowest BCUT2D eigenvalue weighted by molar-refractivity contribution is -0.118. The Kier molecular flexibility index (Phi) is 8.88. The number of carbonyl (C=O) groups excluding carboxylic acids is 1. The number of fused-ring (bicyclic) bond motifs is 1. The zero-order valence-corrected chi connectivity index (χ0v) is 16.3. The van der Waals surface area contributed by atoms with Crippen molar-refractivity contribution in [3.8, 4) is 0 Å². The topological polar surface area (TPSA) is 67.6 Å². The molecule has 0 spiro atoms. The van der Waals surface area contributed by atoms with Crippen LogP contribution in [0.15, 0.2) is 48.5 Å². The third kappa shape index (κ3) is 4.89. The van der Waals surface area contributed by atoms with E-state index in [9.17, 15) is 4.79 Å². The van der Waals surface area contributed by atoms with Gasteiger partial charge in [0.05, 0.1) is 23.9 Å². The van der Waals surface area contributed by atoms with Gasteiger partial charge in [0.2, 0.25) is 5.91 Å². The molecule has 1 aliphatic rings. The van der Waals surface area contributed by atoms with E-state index in [1.165, 1.54) is 11.3 Å². The van der Waals surface area contributed by atoms with Crippen molar-refractivity contribution in [2.24, 2.45) is 5.73 Å². The van der Waals surface area contributed by atoms with Gasteiger partial charge in [-0.3, -0.25) is 4.79 Å². The molecule has 1 amide bonds. The zero-order valence-electron chi connectivity index (χ0n) is 14.7. The van der Waals surface area contributed by atoms with Crippen LogP contribution >= 0.6 is 24.8 Å². The molecular formula is C19H25Cl2N3O2. The molecule has 5 nitrogen and oxygen atoms in total. The number of hydrogen-bond acceptors (Lipinski definition) is 4. The van der Waals surface area contributed by atoms with E-state index in [0.717, 1.165) is 24.3 Å². The molecular weight excluding hydrogens is 373 g/mol. The molecule has 7 heteroatoms. The van der Waals surface area contributed by atoms with Gasteiger partial charge in [0.25, 0.3) is 0 Å². The van der Waals surface area contributed by atoms with Crippen molar-refractivity contribution in [2.45, 2.75) is 18.9 Å². The van der Waals surface area contributed by atoms with Gasteiger partial charge in [0.1, 0.15) is 0 Å². The Morgan fingerprint density at radius 1 is 1.15 bits per heavy atom. The van der Waals surface area contributed by atoms with Gasteiger partial charge in [0, 0.05) is 25.9 Å². The number of para-hydroxylation sites is 3. The van der Waals surface area contributed by atoms with Crippen LogP contribution in [-0.2, 0) is 16.0 Å². The number of methoxy groups -OCH3 is 1. The maximum Gasteiger partial charge on any atom is 0.227 e. The van der Waals surface area contributed by atoms with E-state index in [-0.39, 0.29) is 43.2 Å². The number of anilines is 3. The molecule has 0 radical (unpaired) electrons. The van der Waals surface area contributed by atoms with E-state index in [1.54, 1.807) is 7.11 Å². The van der Waals surface area contributed by atoms with Gasteiger partial charge >= 0.3 is 0 Å². The molecule has 0 saturated carbocycles. The summed E-state index contributed by atoms with van der Waals surface area (Å²) in [5.41, 5.74) is 9.96. The Morgan fingerprint density at radius 2 is 1.81 bits per heavy atom. The van der Waals surface area contributed by atoms with Crippen LogP contribution < -0.4 is 16.0 Å². The first-order valence-corrected chi connectivity index (χ1v) is 8.20. The highest BCUT2D eigenvalue weighted by Crippen LogP contribution is 2.38. The summed E-state index contributed by atoms with van der Waals surface area (Å²) in [6, 6.07) is 16.3. The van der Waals surface area contributed by atoms with Crippen LogP contribution in [0.25, 0.3) is 0 Å². The van der Waals surface area contributed by atoms with Crippen LogP contribution in [0.5, 0.6) is 0 Å². The first-order chi connectivity index (χ1) is 11.7. The summed E-state index contributed by atoms with van der Waals surface area (Å²) in [7, 11) is 1.57. The normalized spacial score (nSPS) is 13.2. The monoisotopic (exact) mass is 397 g/mol. The number of hydrogen-bond donors (Lipinski definition) is 2. The van der Waals surface area contributed by atoms with Gasteiger partial charge in [-0.15, -0.1) is 24.8 Å². The average Bonchev–Trinajstić information content (AvgIpc) is 3.04. The predicted octanol–water partition coefficient (Wildman–Crippen LogP) is 3.53. The number of benzene rings is 2. The number of nitrogens with zero attached hydrogens (tertiary/aromatic N) is 1. The van der Waals surface area contributed by atoms with Crippen molar-refractivity contribution in [3.05, 3.63) is 54.1 Å². The van der Waals surface area contributed by atoms with Gasteiger partial charge < -0.3 is 20.7 Å². The second-order valence-corrected chi connectivity index (χ2v) is 5.89. The highest BCUT2D eigenvalue weighted by molar-refractivity contribution is 5.95. The fourth-order valence-corrected chi connectivity index (χ4v) is 3.07. The molecule has 1 atom stereocenters. The number of ether oxygens (including phenoxy) is 1. The summed E-state index contributed by atoms with van der Waals surface area (Å²) in [5, 5.41) is 3.00. The highest BCUT2D eigenvalue weighted by Gasteiger charge is 2.22. The second-order valence-electron chi connectivity index (χ2n) is 5.89. The molecule has 0 aliphatic carbocycles. The molecule has 0 bridgehead atoms. The number of amides is 1. The summed E-state index contributed by atoms with van der Waals surface area (Å²) in [6.45, 7) is 1.24. The van der Waals surface area contributed by atoms with Crippen molar-refractivity contribution < 1.29 is 9.53 Å². The van der Waals surface area contributed by atoms with Crippen LogP contribution in [0.2, 0.25) is 0 Å². The number of halogens is 2. The van der Waals surface area contributed by atoms with Gasteiger partial charge in [-0.1, -0.05) is 30.3 Å². The third-order valence-corrected chi connectivity index (χ3v) is 4.37. The smallest absolute Gasteiger partial charge is 0.227 e. The Hall–Kier alpha value is -1.79. The number of nitrogens with two attached hydrogens (primary N) is 1. The fourth-order valence-electron chi connectivity index (χ4n) is 3.07. The molecule has 1 aliphatic heterocycles. The van der Waals surface area contributed by atoms with Crippen molar-refractivity contribution in [3.63, 3.8) is 0 Å². The number of rotatable bonds is 6. The molecule has 2 aromatic rings. The summed E-state index contributed by atoms with van der Waals surface area (Å²) in [6.07, 6.45) is 1.000. The minimum Gasteiger partial charge on any atom is -0.380 e. The number of carbonyl (C=O) groups is 1. The van der Waals surface area contributed by atoms with E-state index in [0.29, 0.717) is 6.54 Å². The van der Waals surface area contributed by atoms with E-state index in [4.69, 9.17) is 10.5 Å². The molecule has 3 N–H and O–H groups in total. The van der Waals surface area contributed by atoms with Crippen LogP contribution in [0.4, 0.5) is 17.1 Å². The van der Waals surface area contributed by atoms with E-state index in [2.05, 4.69) is 28.4 Å². The molecule has 26 heavy (non-hydrogen) atoms. The lowest BCUT2D eigenvalue weighted by Crippen LogP contribution is -2.28. The molecule has 1 unspecified atom stereocenters. The van der Waals surface area contributed by atoms with Gasteiger partial charge in [-0.05, 0) is 30.2 Å². The predicted molar refractivity (Wildman–Crippen MR) is 111 cm³/mol. The van der Waals surface area contributed by atoms with E-state index in [1.807, 2.05) is 30.3 Å². The summed E-state index contributed by atoms with van der Waals surface area (Å²) >= 11 is 0. The first kappa shape index (κ1) is 22.3. The van der Waals surface area contributed by atoms with Crippen molar-refractivity contribution in [2.75, 3.05) is 30.4 Å². The van der Waals surface area contributed by atoms with Gasteiger partial charge in [-0.25, -0.2) is 0 Å². The third-order valence-electron chi connectivity index (χ3n) is 4.37. The maximum atomic E-state index is 12.3. The lowest BCUT2D eigenvalue weighted by atomic mass is 10.1. The lowest BCUT2D eigenvalue weighted by Gasteiger charge is -2.23. The molecule has 0 fully saturated rings. The summed E-state index contributed by atoms with van der Waals surface area (Å²) in [4.78, 5) is 14.5. The molecule has 3 rings (SSSR count). The molecule has 142 valence electrons. The molecule has 0 saturated heterocycles. The van der Waals surface area contributed by atoms with Gasteiger partial charge in [0.15, 0.2) is 0 Å². The van der Waals surface area contributed by atoms with E-state index < -0.39 is 0 Å². The largest absolute Gasteiger partial charge is 0.380 e. The number of nitrogens with one attached hydrogen (secondary N) is 1. The fraction of sp³-hybridized carbons (Fsp3) is 0.316.